The monoisotopic (exact) mass is 1750 g/mol. The average Bonchev–Trinajstić information content (AvgIpc) is 0.425. The Kier molecular flexibility index (Phi) is 44.7. The maximum Gasteiger partial charge on any atom is 0.219 e. The molecule has 47 heteroatoms. The summed E-state index contributed by atoms with van der Waals surface area (Å²) in [6, 6.07) is 0. The first-order chi connectivity index (χ1) is 57.1. The van der Waals surface area contributed by atoms with Gasteiger partial charge in [-0.25, -0.2) is 0 Å². The first kappa shape index (κ1) is 104. The quantitative estimate of drug-likeness (QED) is 0.0252. The Bertz CT molecular complexity index is 2670. The number of hydrogen-bond acceptors (Lipinski definition) is 45. The van der Waals surface area contributed by atoms with E-state index in [0.717, 1.165) is 6.42 Å². The van der Waals surface area contributed by atoms with E-state index in [0.29, 0.717) is 90.5 Å². The molecular formula is C73H134N4O43. The molecule has 8 aliphatic heterocycles. The first-order valence-electron chi connectivity index (χ1n) is 41.1. The van der Waals surface area contributed by atoms with Crippen LogP contribution in [0.15, 0.2) is 0 Å². The fraction of sp³-hybridized carbons (Fsp3) is 0.973. The number of aliphatic hydroxyl groups is 26. The molecule has 8 rings (SSSR count). The Morgan fingerprint density at radius 1 is 0.283 bits per heavy atom. The van der Waals surface area contributed by atoms with Gasteiger partial charge in [-0.3, -0.25) is 14.5 Å². The minimum Gasteiger partial charge on any atom is -0.394 e. The molecular weight excluding hydrogens is 1620 g/mol. The lowest BCUT2D eigenvalue weighted by atomic mass is 9.93. The van der Waals surface area contributed by atoms with Crippen molar-refractivity contribution in [2.45, 2.75) is 337 Å². The lowest BCUT2D eigenvalue weighted by Gasteiger charge is -2.46. The molecule has 0 aromatic rings. The average molecular weight is 1760 g/mol. The van der Waals surface area contributed by atoms with Gasteiger partial charge < -0.3 is 219 Å². The maximum atomic E-state index is 11.9. The highest BCUT2D eigenvalue weighted by Gasteiger charge is 2.56. The summed E-state index contributed by atoms with van der Waals surface area (Å²) in [6.45, 7) is 5.44. The van der Waals surface area contributed by atoms with Crippen LogP contribution in [0.4, 0.5) is 0 Å². The molecule has 0 unspecified atom stereocenters. The van der Waals surface area contributed by atoms with Crippen LogP contribution >= 0.6 is 0 Å². The molecule has 2 amide bonds. The molecule has 47 nitrogen and oxygen atoms in total. The number of nitrogens with one attached hydrogen (secondary N) is 2. The van der Waals surface area contributed by atoms with E-state index in [9.17, 15) is 142 Å². The zero-order valence-electron chi connectivity index (χ0n) is 67.6. The standard InChI is InChI=1S/C37H68N2O21.C36H66N2O22/c1-3-38-22(42)9-5-4-6-10-39(11-7-8-18-24(44)28(48)23(43)17(2)56-18)12-13-54-36-33(53)34(60-37-32(52)30(50)26(46)20(15-41)58-37)27(47)21(59-36)16-55-35-31(51)29(49)25(45)19(14-40)57-35;1-3-37-20(41)7-5-4-6-8-38(9-11-53-33-28(49)25(46)21(42)16(2)56-33)10-12-54-35-31(52)32(60-36-30(51)27(48)23(44)18(14-40)58-36)24(45)19(59-35)15-55-34-29(50)26(47)22(43)17(13-39)57-34/h17-21,23-37,40-41,43-53H,3-16H2,1-2H3,(H,38,42);16-19,21-36,39-40,42-52H,3-15H2,1-2H3,(H,37,41)/t17-,18-,19+,20+,21+,23+,24+,25+,26+,27+,28+,29-,30-,31-,32-,33-,34-,35-,36-,37+;16-,17+,18+,19+,21+,22+,23+,24+,25+,26-,27-,28-,29-,30-,31-,32-,33+,34-,35-,36+/m00/s1. The molecule has 8 heterocycles. The molecule has 0 saturated carbocycles. The topological polar surface area (TPSA) is 729 Å². The van der Waals surface area contributed by atoms with Crippen LogP contribution in [0.25, 0.3) is 0 Å². The van der Waals surface area contributed by atoms with Gasteiger partial charge >= 0.3 is 0 Å². The van der Waals surface area contributed by atoms with E-state index in [-0.39, 0.29) is 51.3 Å². The largest absolute Gasteiger partial charge is 0.394 e. The van der Waals surface area contributed by atoms with E-state index in [2.05, 4.69) is 10.6 Å². The van der Waals surface area contributed by atoms with Crippen LogP contribution in [0, 0.1) is 0 Å². The van der Waals surface area contributed by atoms with Gasteiger partial charge in [-0.15, -0.1) is 0 Å². The second-order valence-electron chi connectivity index (χ2n) is 31.2. The number of rotatable bonds is 44. The summed E-state index contributed by atoms with van der Waals surface area (Å²) < 4.78 is 85.1. The van der Waals surface area contributed by atoms with Crippen LogP contribution in [0.2, 0.25) is 0 Å². The predicted molar refractivity (Wildman–Crippen MR) is 397 cm³/mol. The number of ether oxygens (including phenoxy) is 15. The Labute approximate surface area is 692 Å². The van der Waals surface area contributed by atoms with Crippen molar-refractivity contribution in [3.63, 3.8) is 0 Å². The highest BCUT2D eigenvalue weighted by atomic mass is 16.8. The number of nitrogens with zero attached hydrogens (tertiary/aromatic N) is 2. The molecule has 704 valence electrons. The number of amides is 2. The zero-order valence-corrected chi connectivity index (χ0v) is 67.6. The van der Waals surface area contributed by atoms with E-state index in [4.69, 9.17) is 71.1 Å². The van der Waals surface area contributed by atoms with Crippen molar-refractivity contribution < 1.29 is 213 Å². The second kappa shape index (κ2) is 51.4. The van der Waals surface area contributed by atoms with Gasteiger partial charge in [0.15, 0.2) is 44.0 Å². The number of carbonyl (C=O) groups excluding carboxylic acids is 2. The minimum atomic E-state index is -1.92. The summed E-state index contributed by atoms with van der Waals surface area (Å²) in [7, 11) is 0. The molecule has 0 spiro atoms. The Morgan fingerprint density at radius 2 is 0.567 bits per heavy atom. The van der Waals surface area contributed by atoms with Crippen molar-refractivity contribution in [3.8, 4) is 0 Å². The molecule has 0 radical (unpaired) electrons. The van der Waals surface area contributed by atoms with Gasteiger partial charge in [0, 0.05) is 45.6 Å². The van der Waals surface area contributed by atoms with Crippen molar-refractivity contribution in [3.05, 3.63) is 0 Å². The van der Waals surface area contributed by atoms with Crippen molar-refractivity contribution in [2.24, 2.45) is 0 Å². The van der Waals surface area contributed by atoms with Gasteiger partial charge in [-0.2, -0.15) is 0 Å². The van der Waals surface area contributed by atoms with Crippen LogP contribution < -0.4 is 10.6 Å². The van der Waals surface area contributed by atoms with Crippen LogP contribution in [0.3, 0.4) is 0 Å². The number of carbonyl (C=O) groups is 2. The molecule has 0 aromatic carbocycles. The lowest BCUT2D eigenvalue weighted by Crippen LogP contribution is -2.65. The number of unbranched alkanes of at least 4 members (excludes halogenated alkanes) is 4. The molecule has 40 atom stereocenters. The Balaban J connectivity index is 0.000000331. The van der Waals surface area contributed by atoms with Gasteiger partial charge in [0.05, 0.1) is 77.8 Å². The SMILES string of the molecule is CCNC(=O)CCCCCN(CCC[C@@H]1O[C@@H](C)[C@@H](O)[C@@H](O)[C@@H]1O)CCO[C@H]1O[C@H](CO[C@H]2O[C@H](CO)[C@@H](O)[C@H](O)[C@@H]2O)[C@@H](O)[C@H](O[C@H]2O[C@H](CO)[C@@H](O)[C@H](O)[C@@H]2O)[C@@H]1O.CCNC(=O)CCCCCN(CCO[C@@H]1O[C@@H](C)[C@@H](O)[C@@H](O)[C@@H]1O)CCO[C@H]1O[C@H](CO[C@H]2O[C@H](CO)[C@@H](O)[C@H](O)[C@@H]2O)[C@@H](O)[C@H](O[C@H]2O[C@H](CO)[C@@H](O)[C@H](O)[C@@H]2O)[C@@H]1O. The second-order valence-corrected chi connectivity index (χ2v) is 31.2. The molecule has 0 bridgehead atoms. The van der Waals surface area contributed by atoms with Gasteiger partial charge in [0.1, 0.15) is 183 Å². The predicted octanol–water partition coefficient (Wildman–Crippen LogP) is -14.6. The van der Waals surface area contributed by atoms with Gasteiger partial charge in [-0.1, -0.05) is 12.8 Å². The van der Waals surface area contributed by atoms with Gasteiger partial charge in [0.25, 0.3) is 0 Å². The van der Waals surface area contributed by atoms with Crippen molar-refractivity contribution in [2.75, 3.05) is 112 Å². The fourth-order valence-electron chi connectivity index (χ4n) is 14.9. The summed E-state index contributed by atoms with van der Waals surface area (Å²) in [5, 5.41) is 275. The molecule has 0 aliphatic carbocycles. The number of hydrogen-bond donors (Lipinski definition) is 28. The molecule has 8 fully saturated rings. The summed E-state index contributed by atoms with van der Waals surface area (Å²) in [5.41, 5.74) is 0. The van der Waals surface area contributed by atoms with Crippen LogP contribution in [-0.2, 0) is 80.6 Å². The highest BCUT2D eigenvalue weighted by Crippen LogP contribution is 2.35. The molecule has 8 saturated heterocycles. The smallest absolute Gasteiger partial charge is 0.219 e. The zero-order chi connectivity index (χ0) is 88.5. The minimum absolute atomic E-state index is 0.00269. The lowest BCUT2D eigenvalue weighted by molar-refractivity contribution is -0.366. The molecule has 120 heavy (non-hydrogen) atoms. The van der Waals surface area contributed by atoms with Gasteiger partial charge in [-0.05, 0) is 85.9 Å². The Morgan fingerprint density at radius 3 is 0.925 bits per heavy atom. The third-order valence-corrected chi connectivity index (χ3v) is 22.4. The van der Waals surface area contributed by atoms with Crippen LogP contribution in [-0.4, -0.2) is 512 Å². The number of aliphatic hydroxyl groups excluding tert-OH is 26. The van der Waals surface area contributed by atoms with E-state index >= 15 is 0 Å². The summed E-state index contributed by atoms with van der Waals surface area (Å²) in [4.78, 5) is 27.7. The molecule has 0 aromatic heterocycles. The highest BCUT2D eigenvalue weighted by molar-refractivity contribution is 5.76. The fourth-order valence-corrected chi connectivity index (χ4v) is 14.9. The first-order valence-corrected chi connectivity index (χ1v) is 41.1. The molecule has 8 aliphatic rings. The Hall–Kier alpha value is -2.78. The molecule has 28 N–H and O–H groups in total. The summed E-state index contributed by atoms with van der Waals surface area (Å²) >= 11 is 0. The summed E-state index contributed by atoms with van der Waals surface area (Å²) in [6.07, 6.45) is -56.5. The maximum absolute atomic E-state index is 11.9. The normalized spacial score (nSPS) is 42.7. The van der Waals surface area contributed by atoms with Crippen molar-refractivity contribution >= 4 is 11.8 Å². The van der Waals surface area contributed by atoms with Gasteiger partial charge in [0.2, 0.25) is 11.8 Å². The third-order valence-electron chi connectivity index (χ3n) is 22.4. The van der Waals surface area contributed by atoms with E-state index in [1.165, 1.54) is 6.92 Å². The van der Waals surface area contributed by atoms with Crippen molar-refractivity contribution in [1.82, 2.24) is 20.4 Å². The third kappa shape index (κ3) is 28.6. The van der Waals surface area contributed by atoms with Crippen LogP contribution in [0.1, 0.15) is 91.9 Å². The van der Waals surface area contributed by atoms with E-state index in [1.54, 1.807) is 6.92 Å². The summed E-state index contributed by atoms with van der Waals surface area (Å²) in [5.74, 6) is -0.109. The van der Waals surface area contributed by atoms with E-state index in [1.807, 2.05) is 23.6 Å². The van der Waals surface area contributed by atoms with Crippen molar-refractivity contribution in [1.29, 1.82) is 0 Å². The van der Waals surface area contributed by atoms with E-state index < -0.39 is 285 Å². The van der Waals surface area contributed by atoms with Crippen LogP contribution in [0.5, 0.6) is 0 Å².